The summed E-state index contributed by atoms with van der Waals surface area (Å²) in [5.74, 6) is -0.0463. The van der Waals surface area contributed by atoms with E-state index in [1.807, 2.05) is 11.8 Å². The molecule has 5 heteroatoms. The van der Waals surface area contributed by atoms with Gasteiger partial charge in [-0.05, 0) is 37.6 Å². The van der Waals surface area contributed by atoms with Crippen molar-refractivity contribution in [1.29, 1.82) is 0 Å². The molecule has 1 aromatic rings. The highest BCUT2D eigenvalue weighted by molar-refractivity contribution is 6.32. The van der Waals surface area contributed by atoms with Gasteiger partial charge in [0.25, 0.3) is 5.91 Å². The van der Waals surface area contributed by atoms with Gasteiger partial charge in [0.15, 0.2) is 0 Å². The Labute approximate surface area is 99.5 Å². The molecule has 2 heterocycles. The van der Waals surface area contributed by atoms with E-state index in [-0.39, 0.29) is 17.2 Å². The van der Waals surface area contributed by atoms with Crippen LogP contribution in [0.25, 0.3) is 0 Å². The van der Waals surface area contributed by atoms with Crippen molar-refractivity contribution in [2.75, 3.05) is 19.6 Å². The van der Waals surface area contributed by atoms with E-state index in [2.05, 4.69) is 5.32 Å². The van der Waals surface area contributed by atoms with Crippen molar-refractivity contribution in [3.8, 4) is 0 Å². The molecule has 4 nitrogen and oxygen atoms in total. The highest BCUT2D eigenvalue weighted by atomic mass is 35.5. The Morgan fingerprint density at radius 1 is 1.75 bits per heavy atom. The molecule has 2 rings (SSSR count). The van der Waals surface area contributed by atoms with Crippen LogP contribution < -0.4 is 5.32 Å². The van der Waals surface area contributed by atoms with E-state index in [0.29, 0.717) is 12.1 Å². The normalized spacial score (nSPS) is 20.0. The van der Waals surface area contributed by atoms with Gasteiger partial charge in [-0.25, -0.2) is 0 Å². The third-order valence-electron chi connectivity index (χ3n) is 2.93. The molecule has 16 heavy (non-hydrogen) atoms. The number of hydrogen-bond acceptors (Lipinski definition) is 3. The predicted molar refractivity (Wildman–Crippen MR) is 61.7 cm³/mol. The van der Waals surface area contributed by atoms with Crippen molar-refractivity contribution in [1.82, 2.24) is 10.2 Å². The van der Waals surface area contributed by atoms with E-state index < -0.39 is 0 Å². The number of carbonyl (C=O) groups excluding carboxylic acids is 1. The van der Waals surface area contributed by atoms with Crippen LogP contribution in [0.2, 0.25) is 5.22 Å². The number of likely N-dealkylation sites (N-methyl/N-ethyl adjacent to an activating group) is 1. The smallest absolute Gasteiger partial charge is 0.259 e. The van der Waals surface area contributed by atoms with E-state index in [1.165, 1.54) is 6.26 Å². The zero-order valence-corrected chi connectivity index (χ0v) is 9.96. The summed E-state index contributed by atoms with van der Waals surface area (Å²) in [7, 11) is 0. The second-order valence-corrected chi connectivity index (χ2v) is 4.19. The van der Waals surface area contributed by atoms with E-state index in [1.54, 1.807) is 6.07 Å². The molecule has 88 valence electrons. The Kier molecular flexibility index (Phi) is 3.51. The lowest BCUT2D eigenvalue weighted by Gasteiger charge is -2.26. The Balaban J connectivity index is 2.15. The number of nitrogens with zero attached hydrogens (tertiary/aromatic N) is 1. The molecule has 1 aliphatic rings. The minimum atomic E-state index is -0.0463. The van der Waals surface area contributed by atoms with E-state index >= 15 is 0 Å². The minimum Gasteiger partial charge on any atom is -0.452 e. The first-order valence-electron chi connectivity index (χ1n) is 5.48. The fourth-order valence-electron chi connectivity index (χ4n) is 2.07. The molecular formula is C11H15ClN2O2. The summed E-state index contributed by atoms with van der Waals surface area (Å²) in [5, 5.41) is 3.43. The molecular weight excluding hydrogens is 228 g/mol. The average molecular weight is 243 g/mol. The van der Waals surface area contributed by atoms with Crippen LogP contribution in [0, 0.1) is 0 Å². The van der Waals surface area contributed by atoms with Gasteiger partial charge in [-0.2, -0.15) is 0 Å². The van der Waals surface area contributed by atoms with Crippen LogP contribution in [-0.2, 0) is 0 Å². The quantitative estimate of drug-likeness (QED) is 0.879. The zero-order valence-electron chi connectivity index (χ0n) is 9.20. The monoisotopic (exact) mass is 242 g/mol. The summed E-state index contributed by atoms with van der Waals surface area (Å²) < 4.78 is 4.95. The van der Waals surface area contributed by atoms with Gasteiger partial charge >= 0.3 is 0 Å². The second-order valence-electron chi connectivity index (χ2n) is 3.85. The summed E-state index contributed by atoms with van der Waals surface area (Å²) in [6, 6.07) is 1.89. The molecule has 0 aromatic carbocycles. The van der Waals surface area contributed by atoms with E-state index in [9.17, 15) is 4.79 Å². The van der Waals surface area contributed by atoms with Crippen molar-refractivity contribution < 1.29 is 9.21 Å². The number of amides is 1. The number of carbonyl (C=O) groups is 1. The lowest BCUT2D eigenvalue weighted by atomic mass is 10.2. The maximum absolute atomic E-state index is 12.2. The van der Waals surface area contributed by atoms with Crippen LogP contribution in [-0.4, -0.2) is 36.5 Å². The van der Waals surface area contributed by atoms with Crippen molar-refractivity contribution in [2.24, 2.45) is 0 Å². The van der Waals surface area contributed by atoms with Crippen LogP contribution in [0.5, 0.6) is 0 Å². The zero-order chi connectivity index (χ0) is 11.5. The predicted octanol–water partition coefficient (Wildman–Crippen LogP) is 1.76. The van der Waals surface area contributed by atoms with Gasteiger partial charge in [0.2, 0.25) is 5.22 Å². The summed E-state index contributed by atoms with van der Waals surface area (Å²) in [6.07, 6.45) is 2.44. The molecule has 0 aliphatic carbocycles. The first kappa shape index (κ1) is 11.5. The van der Waals surface area contributed by atoms with Crippen LogP contribution in [0.3, 0.4) is 0 Å². The molecule has 0 saturated carbocycles. The van der Waals surface area contributed by atoms with Crippen molar-refractivity contribution in [3.05, 3.63) is 23.1 Å². The molecule has 1 saturated heterocycles. The first-order valence-corrected chi connectivity index (χ1v) is 5.86. The highest BCUT2D eigenvalue weighted by Crippen LogP contribution is 2.20. The van der Waals surface area contributed by atoms with Gasteiger partial charge in [0, 0.05) is 19.1 Å². The first-order chi connectivity index (χ1) is 7.74. The Morgan fingerprint density at radius 2 is 2.56 bits per heavy atom. The summed E-state index contributed by atoms with van der Waals surface area (Å²) >= 11 is 5.81. The minimum absolute atomic E-state index is 0.0463. The van der Waals surface area contributed by atoms with Crippen LogP contribution >= 0.6 is 11.6 Å². The lowest BCUT2D eigenvalue weighted by Crippen LogP contribution is -2.41. The fourth-order valence-corrected chi connectivity index (χ4v) is 2.27. The molecule has 1 fully saturated rings. The lowest BCUT2D eigenvalue weighted by molar-refractivity contribution is 0.0703. The average Bonchev–Trinajstić information content (AvgIpc) is 2.90. The molecule has 1 amide bonds. The van der Waals surface area contributed by atoms with Crippen LogP contribution in [0.15, 0.2) is 16.7 Å². The summed E-state index contributed by atoms with van der Waals surface area (Å²) in [5.41, 5.74) is 0.454. The molecule has 1 unspecified atom stereocenters. The molecule has 0 radical (unpaired) electrons. The maximum atomic E-state index is 12.2. The number of furan rings is 1. The molecule has 0 bridgehead atoms. The molecule has 1 N–H and O–H groups in total. The van der Waals surface area contributed by atoms with Gasteiger partial charge in [-0.1, -0.05) is 0 Å². The molecule has 1 atom stereocenters. The second kappa shape index (κ2) is 4.89. The van der Waals surface area contributed by atoms with Crippen LogP contribution in [0.1, 0.15) is 23.7 Å². The van der Waals surface area contributed by atoms with E-state index in [4.69, 9.17) is 16.0 Å². The number of halogens is 1. The van der Waals surface area contributed by atoms with Gasteiger partial charge in [0.1, 0.15) is 0 Å². The highest BCUT2D eigenvalue weighted by Gasteiger charge is 2.27. The maximum Gasteiger partial charge on any atom is 0.259 e. The third kappa shape index (κ3) is 2.08. The molecule has 1 aliphatic heterocycles. The van der Waals surface area contributed by atoms with Crippen molar-refractivity contribution in [2.45, 2.75) is 19.4 Å². The topological polar surface area (TPSA) is 45.5 Å². The summed E-state index contributed by atoms with van der Waals surface area (Å²) in [4.78, 5) is 14.0. The Morgan fingerprint density at radius 3 is 3.06 bits per heavy atom. The van der Waals surface area contributed by atoms with Crippen molar-refractivity contribution >= 4 is 17.5 Å². The Bertz CT molecular complexity index is 372. The standard InChI is InChI=1S/C11H15ClN2O2/c1-2-14(8-3-5-13-7-8)11(15)9-4-6-16-10(9)12/h4,6,8,13H,2-3,5,7H2,1H3. The van der Waals surface area contributed by atoms with Gasteiger partial charge < -0.3 is 14.6 Å². The SMILES string of the molecule is CCN(C(=O)c1ccoc1Cl)C1CCNC1. The molecule has 0 spiro atoms. The van der Waals surface area contributed by atoms with Gasteiger partial charge in [-0.15, -0.1) is 0 Å². The largest absolute Gasteiger partial charge is 0.452 e. The Hall–Kier alpha value is -1.00. The van der Waals surface area contributed by atoms with Gasteiger partial charge in [-0.3, -0.25) is 4.79 Å². The molecule has 1 aromatic heterocycles. The van der Waals surface area contributed by atoms with Crippen LogP contribution in [0.4, 0.5) is 0 Å². The van der Waals surface area contributed by atoms with Gasteiger partial charge in [0.05, 0.1) is 11.8 Å². The number of hydrogen-bond donors (Lipinski definition) is 1. The summed E-state index contributed by atoms with van der Waals surface area (Å²) in [6.45, 7) is 4.49. The van der Waals surface area contributed by atoms with Crippen molar-refractivity contribution in [3.63, 3.8) is 0 Å². The number of rotatable bonds is 3. The fraction of sp³-hybridized carbons (Fsp3) is 0.545. The third-order valence-corrected chi connectivity index (χ3v) is 3.22. The van der Waals surface area contributed by atoms with E-state index in [0.717, 1.165) is 19.5 Å². The number of nitrogens with one attached hydrogen (secondary N) is 1.